The van der Waals surface area contributed by atoms with Crippen molar-refractivity contribution in [2.75, 3.05) is 0 Å². The molecule has 0 aliphatic carbocycles. The largest absolute Gasteiger partial charge is 0.383 e. The van der Waals surface area contributed by atoms with Gasteiger partial charge in [-0.05, 0) is 24.6 Å². The summed E-state index contributed by atoms with van der Waals surface area (Å²) < 4.78 is 41.4. The standard InChI is InChI=1S/C14H10BrF3O/c1-7-2-4-10(13(18)12(7)17)14(19)9-5-3-8(15)6-11(9)16/h2-6,14,19H,1H3. The van der Waals surface area contributed by atoms with Crippen LogP contribution >= 0.6 is 15.9 Å². The zero-order valence-corrected chi connectivity index (χ0v) is 11.5. The summed E-state index contributed by atoms with van der Waals surface area (Å²) in [4.78, 5) is 0. The van der Waals surface area contributed by atoms with Crippen LogP contribution in [0.3, 0.4) is 0 Å². The van der Waals surface area contributed by atoms with Crippen LogP contribution in [0, 0.1) is 24.4 Å². The molecule has 5 heteroatoms. The van der Waals surface area contributed by atoms with Crippen molar-refractivity contribution in [1.29, 1.82) is 0 Å². The summed E-state index contributed by atoms with van der Waals surface area (Å²) in [6, 6.07) is 6.58. The van der Waals surface area contributed by atoms with E-state index in [1.54, 1.807) is 0 Å². The molecule has 0 aliphatic rings. The van der Waals surface area contributed by atoms with Gasteiger partial charge in [0.15, 0.2) is 11.6 Å². The van der Waals surface area contributed by atoms with Crippen LogP contribution < -0.4 is 0 Å². The van der Waals surface area contributed by atoms with E-state index in [0.29, 0.717) is 4.47 Å². The molecule has 0 aliphatic heterocycles. The van der Waals surface area contributed by atoms with Crippen LogP contribution in [0.15, 0.2) is 34.8 Å². The van der Waals surface area contributed by atoms with Gasteiger partial charge in [0.05, 0.1) is 0 Å². The van der Waals surface area contributed by atoms with Crippen molar-refractivity contribution in [2.24, 2.45) is 0 Å². The molecular formula is C14H10BrF3O. The average molecular weight is 331 g/mol. The van der Waals surface area contributed by atoms with E-state index < -0.39 is 23.6 Å². The molecule has 0 bridgehead atoms. The smallest absolute Gasteiger partial charge is 0.165 e. The highest BCUT2D eigenvalue weighted by molar-refractivity contribution is 9.10. The average Bonchev–Trinajstić information content (AvgIpc) is 2.35. The molecule has 19 heavy (non-hydrogen) atoms. The third kappa shape index (κ3) is 2.67. The van der Waals surface area contributed by atoms with E-state index >= 15 is 0 Å². The van der Waals surface area contributed by atoms with Gasteiger partial charge in [0.1, 0.15) is 11.9 Å². The van der Waals surface area contributed by atoms with Crippen molar-refractivity contribution in [3.05, 3.63) is 68.9 Å². The first kappa shape index (κ1) is 14.1. The fraction of sp³-hybridized carbons (Fsp3) is 0.143. The Bertz CT molecular complexity index is 628. The summed E-state index contributed by atoms with van der Waals surface area (Å²) in [7, 11) is 0. The zero-order valence-electron chi connectivity index (χ0n) is 9.92. The number of rotatable bonds is 2. The Hall–Kier alpha value is -1.33. The Kier molecular flexibility index (Phi) is 3.96. The predicted molar refractivity (Wildman–Crippen MR) is 69.3 cm³/mol. The van der Waals surface area contributed by atoms with Crippen molar-refractivity contribution in [2.45, 2.75) is 13.0 Å². The van der Waals surface area contributed by atoms with E-state index in [0.717, 1.165) is 6.07 Å². The molecule has 0 aromatic heterocycles. The highest BCUT2D eigenvalue weighted by Crippen LogP contribution is 2.29. The molecule has 0 amide bonds. The van der Waals surface area contributed by atoms with Crippen molar-refractivity contribution < 1.29 is 18.3 Å². The number of aryl methyl sites for hydroxylation is 1. The van der Waals surface area contributed by atoms with Crippen molar-refractivity contribution in [3.8, 4) is 0 Å². The number of halogens is 4. The normalized spacial score (nSPS) is 12.5. The van der Waals surface area contributed by atoms with Crippen LogP contribution in [0.1, 0.15) is 22.8 Å². The molecule has 1 nitrogen and oxygen atoms in total. The number of aliphatic hydroxyl groups is 1. The third-order valence-corrected chi connectivity index (χ3v) is 3.35. The van der Waals surface area contributed by atoms with Crippen molar-refractivity contribution in [1.82, 2.24) is 0 Å². The van der Waals surface area contributed by atoms with E-state index in [1.807, 2.05) is 0 Å². The molecule has 2 aromatic rings. The van der Waals surface area contributed by atoms with Crippen LogP contribution in [0.2, 0.25) is 0 Å². The Morgan fingerprint density at radius 2 is 1.63 bits per heavy atom. The van der Waals surface area contributed by atoms with Gasteiger partial charge in [0.25, 0.3) is 0 Å². The first-order valence-corrected chi connectivity index (χ1v) is 6.28. The van der Waals surface area contributed by atoms with E-state index in [2.05, 4.69) is 15.9 Å². The maximum Gasteiger partial charge on any atom is 0.165 e. The lowest BCUT2D eigenvalue weighted by Crippen LogP contribution is -2.07. The highest BCUT2D eigenvalue weighted by Gasteiger charge is 2.21. The van der Waals surface area contributed by atoms with Gasteiger partial charge >= 0.3 is 0 Å². The van der Waals surface area contributed by atoms with Crippen LogP contribution in [-0.4, -0.2) is 5.11 Å². The highest BCUT2D eigenvalue weighted by atomic mass is 79.9. The fourth-order valence-electron chi connectivity index (χ4n) is 1.76. The van der Waals surface area contributed by atoms with Gasteiger partial charge < -0.3 is 5.11 Å². The van der Waals surface area contributed by atoms with E-state index in [4.69, 9.17) is 0 Å². The molecule has 100 valence electrons. The summed E-state index contributed by atoms with van der Waals surface area (Å²) in [5, 5.41) is 10.00. The minimum atomic E-state index is -1.55. The van der Waals surface area contributed by atoms with Gasteiger partial charge in [-0.1, -0.05) is 34.1 Å². The van der Waals surface area contributed by atoms with Gasteiger partial charge in [0, 0.05) is 15.6 Å². The molecule has 0 heterocycles. The Balaban J connectivity index is 2.50. The lowest BCUT2D eigenvalue weighted by atomic mass is 9.99. The number of aliphatic hydroxyl groups excluding tert-OH is 1. The predicted octanol–water partition coefficient (Wildman–Crippen LogP) is 4.26. The molecule has 0 radical (unpaired) electrons. The van der Waals surface area contributed by atoms with Gasteiger partial charge in [0.2, 0.25) is 0 Å². The summed E-state index contributed by atoms with van der Waals surface area (Å²) >= 11 is 3.08. The molecule has 1 unspecified atom stereocenters. The van der Waals surface area contributed by atoms with Gasteiger partial charge in [-0.25, -0.2) is 13.2 Å². The molecular weight excluding hydrogens is 321 g/mol. The minimum absolute atomic E-state index is 0.106. The second-order valence-electron chi connectivity index (χ2n) is 4.17. The second kappa shape index (κ2) is 5.35. The van der Waals surface area contributed by atoms with Crippen molar-refractivity contribution >= 4 is 15.9 Å². The fourth-order valence-corrected chi connectivity index (χ4v) is 2.10. The SMILES string of the molecule is Cc1ccc(C(O)c2ccc(Br)cc2F)c(F)c1F. The quantitative estimate of drug-likeness (QED) is 0.872. The van der Waals surface area contributed by atoms with Crippen LogP contribution in [0.5, 0.6) is 0 Å². The third-order valence-electron chi connectivity index (χ3n) is 2.86. The molecule has 0 saturated carbocycles. The molecule has 1 N–H and O–H groups in total. The first-order chi connectivity index (χ1) is 8.91. The monoisotopic (exact) mass is 330 g/mol. The molecule has 2 rings (SSSR count). The van der Waals surface area contributed by atoms with Crippen molar-refractivity contribution in [3.63, 3.8) is 0 Å². The van der Waals surface area contributed by atoms with Crippen LogP contribution in [-0.2, 0) is 0 Å². The summed E-state index contributed by atoms with van der Waals surface area (Å²) in [6.07, 6.45) is -1.55. The maximum atomic E-state index is 13.7. The number of hydrogen-bond acceptors (Lipinski definition) is 1. The minimum Gasteiger partial charge on any atom is -0.383 e. The van der Waals surface area contributed by atoms with Crippen LogP contribution in [0.25, 0.3) is 0 Å². The maximum absolute atomic E-state index is 13.7. The lowest BCUT2D eigenvalue weighted by molar-refractivity contribution is 0.208. The van der Waals surface area contributed by atoms with Gasteiger partial charge in [-0.2, -0.15) is 0 Å². The Morgan fingerprint density at radius 1 is 1.00 bits per heavy atom. The summed E-state index contributed by atoms with van der Waals surface area (Å²) in [6.45, 7) is 1.41. The summed E-state index contributed by atoms with van der Waals surface area (Å²) in [5.74, 6) is -2.88. The Morgan fingerprint density at radius 3 is 2.26 bits per heavy atom. The molecule has 1 atom stereocenters. The topological polar surface area (TPSA) is 20.2 Å². The number of hydrogen-bond donors (Lipinski definition) is 1. The lowest BCUT2D eigenvalue weighted by Gasteiger charge is -2.14. The van der Waals surface area contributed by atoms with E-state index in [1.165, 1.54) is 31.2 Å². The van der Waals surface area contributed by atoms with Gasteiger partial charge in [-0.15, -0.1) is 0 Å². The molecule has 0 fully saturated rings. The first-order valence-electron chi connectivity index (χ1n) is 5.49. The van der Waals surface area contributed by atoms with Gasteiger partial charge in [-0.3, -0.25) is 0 Å². The molecule has 0 spiro atoms. The zero-order chi connectivity index (χ0) is 14.2. The summed E-state index contributed by atoms with van der Waals surface area (Å²) in [5.41, 5.74) is -0.264. The molecule has 0 saturated heterocycles. The number of benzene rings is 2. The second-order valence-corrected chi connectivity index (χ2v) is 5.08. The van der Waals surface area contributed by atoms with E-state index in [-0.39, 0.29) is 16.7 Å². The van der Waals surface area contributed by atoms with E-state index in [9.17, 15) is 18.3 Å². The van der Waals surface area contributed by atoms with Crippen LogP contribution in [0.4, 0.5) is 13.2 Å². The molecule has 2 aromatic carbocycles. The Labute approximate surface area is 116 Å².